The summed E-state index contributed by atoms with van der Waals surface area (Å²) in [4.78, 5) is 22.5. The van der Waals surface area contributed by atoms with E-state index in [-0.39, 0.29) is 18.6 Å². The number of esters is 1. The second-order valence-corrected chi connectivity index (χ2v) is 6.90. The molecule has 1 aromatic heterocycles. The fraction of sp³-hybridized carbons (Fsp3) is 0.500. The van der Waals surface area contributed by atoms with Crippen LogP contribution in [0.2, 0.25) is 0 Å². The van der Waals surface area contributed by atoms with Gasteiger partial charge >= 0.3 is 5.97 Å². The minimum absolute atomic E-state index is 0.204. The summed E-state index contributed by atoms with van der Waals surface area (Å²) >= 11 is 9.23. The highest BCUT2D eigenvalue weighted by Crippen LogP contribution is 2.42. The normalized spacial score (nSPS) is 23.1. The van der Waals surface area contributed by atoms with Crippen molar-refractivity contribution in [2.75, 3.05) is 20.3 Å². The first kappa shape index (κ1) is 18.0. The zero-order valence-electron chi connectivity index (χ0n) is 11.7. The highest BCUT2D eigenvalue weighted by atomic mass is 127. The molecule has 0 saturated carbocycles. The van der Waals surface area contributed by atoms with Gasteiger partial charge in [-0.05, 0) is 0 Å². The first-order valence-corrected chi connectivity index (χ1v) is 8.57. The van der Waals surface area contributed by atoms with Gasteiger partial charge in [-0.1, -0.05) is 17.7 Å². The maximum atomic E-state index is 12.0. The topological polar surface area (TPSA) is 75.1 Å². The minimum Gasteiger partial charge on any atom is -0.468 e. The van der Waals surface area contributed by atoms with Crippen molar-refractivity contribution >= 4 is 51.8 Å². The van der Waals surface area contributed by atoms with E-state index in [0.29, 0.717) is 12.2 Å². The van der Waals surface area contributed by atoms with E-state index < -0.39 is 11.7 Å². The summed E-state index contributed by atoms with van der Waals surface area (Å²) in [5.74, 6) is -0.384. The second kappa shape index (κ2) is 7.99. The minimum atomic E-state index is -1.33. The van der Waals surface area contributed by atoms with Crippen LogP contribution in [0.1, 0.15) is 22.7 Å². The lowest BCUT2D eigenvalue weighted by molar-refractivity contribution is -0.233. The van der Waals surface area contributed by atoms with Gasteiger partial charge in [-0.3, -0.25) is 4.84 Å². The molecule has 2 rings (SSSR count). The van der Waals surface area contributed by atoms with Crippen molar-refractivity contribution in [3.63, 3.8) is 0 Å². The molecule has 1 aliphatic rings. The van der Waals surface area contributed by atoms with Crippen LogP contribution in [-0.2, 0) is 14.4 Å². The number of alkyl halides is 1. The molecule has 3 atom stereocenters. The summed E-state index contributed by atoms with van der Waals surface area (Å²) in [6.07, 6.45) is 1.56. The van der Waals surface area contributed by atoms with Crippen LogP contribution in [0, 0.1) is 0 Å². The molecule has 7 nitrogen and oxygen atoms in total. The smallest absolute Gasteiger partial charge is 0.330 e. The fourth-order valence-corrected chi connectivity index (χ4v) is 4.13. The van der Waals surface area contributed by atoms with E-state index >= 15 is 0 Å². The Morgan fingerprint density at radius 3 is 3.18 bits per heavy atom. The fourth-order valence-electron chi connectivity index (χ4n) is 2.18. The summed E-state index contributed by atoms with van der Waals surface area (Å²) < 4.78 is 6.60. The highest BCUT2D eigenvalue weighted by Gasteiger charge is 2.43. The average Bonchev–Trinajstić information content (AvgIpc) is 2.95. The van der Waals surface area contributed by atoms with E-state index in [9.17, 15) is 9.90 Å². The van der Waals surface area contributed by atoms with Gasteiger partial charge in [0.05, 0.1) is 35.8 Å². The van der Waals surface area contributed by atoms with E-state index in [4.69, 9.17) is 21.2 Å². The first-order chi connectivity index (χ1) is 10.5. The molecule has 1 aromatic rings. The summed E-state index contributed by atoms with van der Waals surface area (Å²) in [5, 5.41) is 11.0. The number of hydroxylamine groups is 2. The van der Waals surface area contributed by atoms with Gasteiger partial charge in [-0.25, -0.2) is 12.9 Å². The van der Waals surface area contributed by atoms with E-state index in [1.807, 2.05) is 22.9 Å². The van der Waals surface area contributed by atoms with Crippen LogP contribution >= 0.6 is 45.8 Å². The third-order valence-electron chi connectivity index (χ3n) is 3.10. The van der Waals surface area contributed by atoms with E-state index in [1.54, 1.807) is 14.7 Å². The zero-order valence-corrected chi connectivity index (χ0v) is 15.4. The first-order valence-electron chi connectivity index (χ1n) is 6.29. The summed E-state index contributed by atoms with van der Waals surface area (Å²) in [6, 6.07) is -0.940. The number of methoxy groups -OCH3 is 1. The number of aliphatic hydroxyl groups is 1. The lowest BCUT2D eigenvalue weighted by Crippen LogP contribution is -2.45. The van der Waals surface area contributed by atoms with Crippen LogP contribution in [0.25, 0.3) is 0 Å². The summed E-state index contributed by atoms with van der Waals surface area (Å²) in [5.41, 5.74) is 0.904. The van der Waals surface area contributed by atoms with Gasteiger partial charge in [0.15, 0.2) is 6.04 Å². The SMILES string of the molecule is C=CCON(C(O)Cl)C1CN(I)C(C(=O)OC)c2ncsc21. The molecule has 22 heavy (non-hydrogen) atoms. The Morgan fingerprint density at radius 1 is 1.86 bits per heavy atom. The Bertz CT molecular complexity index is 544. The van der Waals surface area contributed by atoms with Gasteiger partial charge in [0.25, 0.3) is 0 Å². The van der Waals surface area contributed by atoms with Crippen molar-refractivity contribution < 1.29 is 19.5 Å². The third kappa shape index (κ3) is 3.61. The average molecular weight is 460 g/mol. The van der Waals surface area contributed by atoms with Gasteiger partial charge in [0, 0.05) is 29.4 Å². The molecule has 0 bridgehead atoms. The van der Waals surface area contributed by atoms with Crippen LogP contribution < -0.4 is 0 Å². The molecule has 3 unspecified atom stereocenters. The number of ether oxygens (including phenoxy) is 1. The van der Waals surface area contributed by atoms with Gasteiger partial charge < -0.3 is 9.84 Å². The summed E-state index contributed by atoms with van der Waals surface area (Å²) in [6.45, 7) is 4.19. The van der Waals surface area contributed by atoms with Crippen molar-refractivity contribution in [3.8, 4) is 0 Å². The molecule has 1 aliphatic heterocycles. The molecule has 0 fully saturated rings. The molecule has 0 spiro atoms. The number of aromatic nitrogens is 1. The van der Waals surface area contributed by atoms with Crippen LogP contribution in [0.4, 0.5) is 0 Å². The standard InChI is InChI=1S/C12H15ClIN3O4S/c1-3-4-21-17(12(13)19)7-5-16(14)9(11(18)20-2)8-10(7)22-6-15-8/h3,6-7,9,12,19H,1,4-5H2,2H3. The predicted octanol–water partition coefficient (Wildman–Crippen LogP) is 2.00. The maximum absolute atomic E-state index is 12.0. The Hall–Kier alpha value is -0.300. The van der Waals surface area contributed by atoms with E-state index in [0.717, 1.165) is 4.88 Å². The Kier molecular flexibility index (Phi) is 6.56. The molecule has 0 saturated heterocycles. The number of hydrogen-bond acceptors (Lipinski definition) is 8. The van der Waals surface area contributed by atoms with E-state index in [1.165, 1.54) is 23.5 Å². The molecular formula is C12H15ClIN3O4S. The van der Waals surface area contributed by atoms with Crippen LogP contribution in [0.15, 0.2) is 18.2 Å². The summed E-state index contributed by atoms with van der Waals surface area (Å²) in [7, 11) is 1.34. The number of halogens is 2. The van der Waals surface area contributed by atoms with Crippen molar-refractivity contribution in [2.45, 2.75) is 17.8 Å². The van der Waals surface area contributed by atoms with Crippen molar-refractivity contribution in [2.24, 2.45) is 0 Å². The Labute approximate surface area is 150 Å². The van der Waals surface area contributed by atoms with E-state index in [2.05, 4.69) is 11.6 Å². The van der Waals surface area contributed by atoms with Crippen LogP contribution in [0.5, 0.6) is 0 Å². The largest absolute Gasteiger partial charge is 0.468 e. The molecule has 1 N–H and O–H groups in total. The van der Waals surface area contributed by atoms with Crippen LogP contribution in [-0.4, -0.2) is 50.2 Å². The second-order valence-electron chi connectivity index (χ2n) is 4.38. The predicted molar refractivity (Wildman–Crippen MR) is 90.2 cm³/mol. The quantitative estimate of drug-likeness (QED) is 0.102. The van der Waals surface area contributed by atoms with Crippen molar-refractivity contribution in [3.05, 3.63) is 28.7 Å². The number of thiazole rings is 1. The van der Waals surface area contributed by atoms with Gasteiger partial charge in [0.1, 0.15) is 0 Å². The lowest BCUT2D eigenvalue weighted by Gasteiger charge is -2.38. The number of nitrogens with zero attached hydrogens (tertiary/aromatic N) is 3. The molecule has 122 valence electrons. The molecule has 0 aromatic carbocycles. The monoisotopic (exact) mass is 459 g/mol. The molecule has 0 aliphatic carbocycles. The third-order valence-corrected chi connectivity index (χ3v) is 5.19. The van der Waals surface area contributed by atoms with Gasteiger partial charge in [0.2, 0.25) is 5.69 Å². The Morgan fingerprint density at radius 2 is 2.59 bits per heavy atom. The number of carbonyl (C=O) groups excluding carboxylic acids is 1. The molecular weight excluding hydrogens is 445 g/mol. The zero-order chi connectivity index (χ0) is 16.3. The van der Waals surface area contributed by atoms with Crippen molar-refractivity contribution in [1.82, 2.24) is 13.2 Å². The Balaban J connectivity index is 2.34. The van der Waals surface area contributed by atoms with Crippen molar-refractivity contribution in [1.29, 1.82) is 0 Å². The molecule has 0 radical (unpaired) electrons. The number of aliphatic hydroxyl groups excluding tert-OH is 1. The van der Waals surface area contributed by atoms with Crippen LogP contribution in [0.3, 0.4) is 0 Å². The number of carbonyl (C=O) groups is 1. The number of rotatable bonds is 6. The highest BCUT2D eigenvalue weighted by molar-refractivity contribution is 14.1. The molecule has 10 heteroatoms. The van der Waals surface area contributed by atoms with Gasteiger partial charge in [-0.15, -0.1) is 23.0 Å². The number of fused-ring (bicyclic) bond motifs is 1. The lowest BCUT2D eigenvalue weighted by atomic mass is 10.0. The maximum Gasteiger partial charge on any atom is 0.330 e. The van der Waals surface area contributed by atoms with Gasteiger partial charge in [-0.2, -0.15) is 0 Å². The number of hydrogen-bond donors (Lipinski definition) is 1. The molecule has 0 amide bonds. The molecule has 2 heterocycles.